The van der Waals surface area contributed by atoms with Crippen LogP contribution in [-0.2, 0) is 21.4 Å². The van der Waals surface area contributed by atoms with E-state index in [9.17, 15) is 13.2 Å². The largest absolute Gasteiger partial charge is 0.351 e. The number of anilines is 1. The molecule has 1 atom stereocenters. The van der Waals surface area contributed by atoms with E-state index >= 15 is 0 Å². The number of hydrogen-bond acceptors (Lipinski definition) is 3. The molecule has 4 rings (SSSR count). The Labute approximate surface area is 225 Å². The lowest BCUT2D eigenvalue weighted by molar-refractivity contribution is -0.117. The summed E-state index contributed by atoms with van der Waals surface area (Å²) in [7, 11) is -4.20. The third-order valence-corrected chi connectivity index (χ3v) is 8.85. The van der Waals surface area contributed by atoms with E-state index in [1.807, 2.05) is 60.7 Å². The van der Waals surface area contributed by atoms with Gasteiger partial charge in [0, 0.05) is 22.7 Å². The Balaban J connectivity index is 1.86. The number of unbranched alkanes of at least 4 members (excludes halogenated alkanes) is 1. The molecular weight excluding hydrogens is 504 g/mol. The average molecular weight is 537 g/mol. The van der Waals surface area contributed by atoms with Crippen molar-refractivity contribution in [3.63, 3.8) is 0 Å². The lowest BCUT2D eigenvalue weighted by Crippen LogP contribution is -2.42. The van der Waals surface area contributed by atoms with Gasteiger partial charge >= 0.3 is 0 Å². The number of nitrogens with one attached hydrogen (secondary N) is 1. The van der Waals surface area contributed by atoms with E-state index in [-0.39, 0.29) is 17.4 Å². The molecule has 1 N–H and O–H groups in total. The van der Waals surface area contributed by atoms with Gasteiger partial charge in [-0.2, -0.15) is 0 Å². The van der Waals surface area contributed by atoms with Gasteiger partial charge in [-0.05, 0) is 41.7 Å². The van der Waals surface area contributed by atoms with Crippen molar-refractivity contribution in [1.29, 1.82) is 0 Å². The van der Waals surface area contributed by atoms with Gasteiger partial charge in [0.25, 0.3) is 15.9 Å². The van der Waals surface area contributed by atoms with Crippen molar-refractivity contribution in [3.05, 3.63) is 105 Å². The third-order valence-electron chi connectivity index (χ3n) is 6.80. The van der Waals surface area contributed by atoms with Gasteiger partial charge in [-0.15, -0.1) is 0 Å². The highest BCUT2D eigenvalue weighted by Crippen LogP contribution is 2.44. The van der Waals surface area contributed by atoms with Crippen molar-refractivity contribution in [3.8, 4) is 0 Å². The number of carbonyl (C=O) groups excluding carboxylic acids is 1. The zero-order valence-corrected chi connectivity index (χ0v) is 22.9. The molecule has 3 aromatic carbocycles. The molecule has 0 aliphatic carbocycles. The summed E-state index contributed by atoms with van der Waals surface area (Å²) in [5.41, 5.74) is 2.96. The number of hydrogen-bond donors (Lipinski definition) is 1. The van der Waals surface area contributed by atoms with Crippen LogP contribution in [0.4, 0.5) is 5.69 Å². The van der Waals surface area contributed by atoms with Gasteiger partial charge in [0.15, 0.2) is 4.91 Å². The number of halogens is 1. The van der Waals surface area contributed by atoms with Gasteiger partial charge in [0.05, 0.1) is 12.2 Å². The molecule has 37 heavy (non-hydrogen) atoms. The normalized spacial score (nSPS) is 15.3. The first-order valence-corrected chi connectivity index (χ1v) is 14.6. The summed E-state index contributed by atoms with van der Waals surface area (Å²) >= 11 is 6.41. The minimum Gasteiger partial charge on any atom is -0.351 e. The van der Waals surface area contributed by atoms with E-state index < -0.39 is 15.9 Å². The summed E-state index contributed by atoms with van der Waals surface area (Å²) in [6, 6.07) is 23.7. The van der Waals surface area contributed by atoms with Crippen LogP contribution in [0.2, 0.25) is 5.02 Å². The van der Waals surface area contributed by atoms with Crippen molar-refractivity contribution >= 4 is 38.8 Å². The van der Waals surface area contributed by atoms with Crippen LogP contribution in [0, 0.1) is 5.92 Å². The van der Waals surface area contributed by atoms with Gasteiger partial charge in [-0.1, -0.05) is 105 Å². The fourth-order valence-corrected chi connectivity index (χ4v) is 6.64. The lowest BCUT2D eigenvalue weighted by atomic mass is 9.95. The van der Waals surface area contributed by atoms with Crippen LogP contribution in [0.5, 0.6) is 0 Å². The summed E-state index contributed by atoms with van der Waals surface area (Å²) in [4.78, 5) is 13.5. The monoisotopic (exact) mass is 536 g/mol. The highest BCUT2D eigenvalue weighted by atomic mass is 35.5. The van der Waals surface area contributed by atoms with Crippen molar-refractivity contribution in [2.75, 3.05) is 10.8 Å². The number of rotatable bonds is 10. The van der Waals surface area contributed by atoms with Crippen LogP contribution < -0.4 is 9.62 Å². The van der Waals surface area contributed by atoms with Gasteiger partial charge in [-0.25, -0.2) is 8.42 Å². The molecule has 7 heteroatoms. The first kappa shape index (κ1) is 27.0. The van der Waals surface area contributed by atoms with Crippen LogP contribution in [0.3, 0.4) is 0 Å². The molecule has 0 fully saturated rings. The van der Waals surface area contributed by atoms with Gasteiger partial charge in [0.1, 0.15) is 0 Å². The molecule has 0 spiro atoms. The van der Waals surface area contributed by atoms with Gasteiger partial charge in [0.2, 0.25) is 0 Å². The maximum Gasteiger partial charge on any atom is 0.270 e. The second-order valence-corrected chi connectivity index (χ2v) is 11.6. The number of fused-ring (bicyclic) bond motifs is 1. The molecule has 1 aliphatic heterocycles. The minimum atomic E-state index is -4.20. The molecule has 1 aliphatic rings. The second kappa shape index (κ2) is 12.0. The summed E-state index contributed by atoms with van der Waals surface area (Å²) in [6.45, 7) is 4.77. The van der Waals surface area contributed by atoms with E-state index in [4.69, 9.17) is 11.6 Å². The topological polar surface area (TPSA) is 66.5 Å². The Kier molecular flexibility index (Phi) is 8.72. The molecule has 0 saturated heterocycles. The lowest BCUT2D eigenvalue weighted by Gasteiger charge is -2.34. The Bertz CT molecular complexity index is 1370. The molecule has 5 nitrogen and oxygen atoms in total. The number of nitrogens with zero attached hydrogens (tertiary/aromatic N) is 1. The quantitative estimate of drug-likeness (QED) is 0.310. The number of benzene rings is 3. The van der Waals surface area contributed by atoms with Crippen LogP contribution in [0.15, 0.2) is 83.8 Å². The molecule has 1 amide bonds. The van der Waals surface area contributed by atoms with E-state index in [1.54, 1.807) is 18.2 Å². The summed E-state index contributed by atoms with van der Waals surface area (Å²) in [5.74, 6) is -0.296. The summed E-state index contributed by atoms with van der Waals surface area (Å²) in [6.07, 6.45) is 4.05. The van der Waals surface area contributed by atoms with Crippen molar-refractivity contribution in [2.24, 2.45) is 5.92 Å². The summed E-state index contributed by atoms with van der Waals surface area (Å²) < 4.78 is 29.8. The molecule has 1 heterocycles. The summed E-state index contributed by atoms with van der Waals surface area (Å²) in [5, 5.41) is 3.43. The van der Waals surface area contributed by atoms with Crippen molar-refractivity contribution in [2.45, 2.75) is 46.1 Å². The van der Waals surface area contributed by atoms with Crippen molar-refractivity contribution < 1.29 is 13.2 Å². The Hall–Kier alpha value is -3.09. The molecule has 0 radical (unpaired) electrons. The zero-order valence-electron chi connectivity index (χ0n) is 21.3. The van der Waals surface area contributed by atoms with E-state index in [0.29, 0.717) is 34.0 Å². The van der Waals surface area contributed by atoms with E-state index in [1.165, 1.54) is 4.31 Å². The molecule has 1 unspecified atom stereocenters. The molecule has 3 aromatic rings. The van der Waals surface area contributed by atoms with Crippen LogP contribution in [0.25, 0.3) is 5.57 Å². The highest BCUT2D eigenvalue weighted by Gasteiger charge is 2.41. The third kappa shape index (κ3) is 5.91. The average Bonchev–Trinajstić information content (AvgIpc) is 2.91. The van der Waals surface area contributed by atoms with Crippen LogP contribution >= 0.6 is 11.6 Å². The van der Waals surface area contributed by atoms with Gasteiger partial charge < -0.3 is 5.32 Å². The number of carbonyl (C=O) groups is 1. The van der Waals surface area contributed by atoms with Crippen LogP contribution in [-0.4, -0.2) is 20.9 Å². The SMILES string of the molecule is CCCCC(CC)CNC(=O)C1=C(c2ccccc2)c2cc(Cl)ccc2N(Cc2ccccc2)S1(=O)=O. The fraction of sp³-hybridized carbons (Fsp3) is 0.300. The van der Waals surface area contributed by atoms with E-state index in [2.05, 4.69) is 19.2 Å². The molecule has 0 aromatic heterocycles. The van der Waals surface area contributed by atoms with Gasteiger partial charge in [-0.3, -0.25) is 9.10 Å². The first-order chi connectivity index (χ1) is 17.9. The Morgan fingerprint density at radius 2 is 1.65 bits per heavy atom. The number of sulfonamides is 1. The van der Waals surface area contributed by atoms with Crippen LogP contribution in [0.1, 0.15) is 56.2 Å². The van der Waals surface area contributed by atoms with E-state index in [0.717, 1.165) is 31.2 Å². The molecule has 0 saturated carbocycles. The minimum absolute atomic E-state index is 0.102. The zero-order chi connectivity index (χ0) is 26.4. The Morgan fingerprint density at radius 3 is 2.30 bits per heavy atom. The smallest absolute Gasteiger partial charge is 0.270 e. The highest BCUT2D eigenvalue weighted by molar-refractivity contribution is 7.97. The fourth-order valence-electron chi connectivity index (χ4n) is 4.72. The van der Waals surface area contributed by atoms with Crippen molar-refractivity contribution in [1.82, 2.24) is 5.32 Å². The Morgan fingerprint density at radius 1 is 0.973 bits per heavy atom. The molecule has 194 valence electrons. The predicted molar refractivity (Wildman–Crippen MR) is 152 cm³/mol. The predicted octanol–water partition coefficient (Wildman–Crippen LogP) is 6.78. The number of amides is 1. The standard InChI is InChI=1S/C30H33ClN2O3S/c1-3-5-12-22(4-2)20-32-30(34)29-28(24-15-10-7-11-16-24)26-19-25(31)17-18-27(26)33(37(29,35)36)21-23-13-8-6-9-14-23/h6-11,13-19,22H,3-5,12,20-21H2,1-2H3,(H,32,34). The maximum absolute atomic E-state index is 14.3. The second-order valence-electron chi connectivity index (χ2n) is 9.36. The maximum atomic E-state index is 14.3. The first-order valence-electron chi connectivity index (χ1n) is 12.8. The molecular formula is C30H33ClN2O3S. The molecule has 0 bridgehead atoms.